The van der Waals surface area contributed by atoms with Crippen LogP contribution in [0.5, 0.6) is 0 Å². The Bertz CT molecular complexity index is 434. The van der Waals surface area contributed by atoms with Crippen molar-refractivity contribution in [3.05, 3.63) is 38.9 Å². The van der Waals surface area contributed by atoms with Crippen molar-refractivity contribution in [2.24, 2.45) is 0 Å². The van der Waals surface area contributed by atoms with E-state index in [1.54, 1.807) is 6.07 Å². The molecule has 0 saturated heterocycles. The third kappa shape index (κ3) is 2.48. The molecule has 1 aromatic rings. The zero-order chi connectivity index (χ0) is 12.4. The lowest BCUT2D eigenvalue weighted by Crippen LogP contribution is -2.09. The van der Waals surface area contributed by atoms with Gasteiger partial charge in [-0.05, 0) is 43.7 Å². The van der Waals surface area contributed by atoms with Crippen LogP contribution in [0.4, 0.5) is 5.69 Å². The smallest absolute Gasteiger partial charge is 0.258 e. The Balaban J connectivity index is 2.46. The summed E-state index contributed by atoms with van der Waals surface area (Å²) in [5.41, 5.74) is 3.38. The van der Waals surface area contributed by atoms with E-state index in [9.17, 15) is 10.1 Å². The minimum Gasteiger partial charge on any atom is -0.258 e. The predicted octanol–water partition coefficient (Wildman–Crippen LogP) is 4.26. The number of benzene rings is 1. The minimum atomic E-state index is -0.218. The highest BCUT2D eigenvalue weighted by Gasteiger charge is 2.25. The molecule has 0 bridgehead atoms. The van der Waals surface area contributed by atoms with Gasteiger partial charge in [-0.3, -0.25) is 10.1 Å². The van der Waals surface area contributed by atoms with Gasteiger partial charge in [0.15, 0.2) is 0 Å². The molecule has 0 aromatic heterocycles. The van der Waals surface area contributed by atoms with Gasteiger partial charge in [0.1, 0.15) is 0 Å². The van der Waals surface area contributed by atoms with Crippen LogP contribution in [0, 0.1) is 24.0 Å². The molecule has 0 unspecified atom stereocenters. The van der Waals surface area contributed by atoms with Gasteiger partial charge < -0.3 is 0 Å². The normalized spacial score (nSPS) is 17.1. The Morgan fingerprint density at radius 1 is 1.18 bits per heavy atom. The quantitative estimate of drug-likeness (QED) is 0.565. The molecule has 0 aliphatic heterocycles. The van der Waals surface area contributed by atoms with Gasteiger partial charge in [-0.2, -0.15) is 0 Å². The van der Waals surface area contributed by atoms with E-state index in [4.69, 9.17) is 0 Å². The molecule has 1 aliphatic carbocycles. The first kappa shape index (κ1) is 12.1. The Hall–Kier alpha value is -1.38. The van der Waals surface area contributed by atoms with Crippen molar-refractivity contribution in [3.8, 4) is 0 Å². The predicted molar refractivity (Wildman–Crippen MR) is 68.4 cm³/mol. The number of aryl methyl sites for hydroxylation is 2. The van der Waals surface area contributed by atoms with Crippen molar-refractivity contribution in [1.82, 2.24) is 0 Å². The number of hydrogen-bond acceptors (Lipinski definition) is 2. The highest BCUT2D eigenvalue weighted by atomic mass is 16.6. The Kier molecular flexibility index (Phi) is 3.46. The molecule has 0 spiro atoms. The van der Waals surface area contributed by atoms with E-state index >= 15 is 0 Å². The SMILES string of the molecule is Cc1cc(C)c(C2CCCCC2)c([N+](=O)[O-])c1. The van der Waals surface area contributed by atoms with Crippen LogP contribution < -0.4 is 0 Å². The van der Waals surface area contributed by atoms with E-state index in [2.05, 4.69) is 6.07 Å². The summed E-state index contributed by atoms with van der Waals surface area (Å²) >= 11 is 0. The molecule has 0 amide bonds. The third-order valence-electron chi connectivity index (χ3n) is 3.72. The van der Waals surface area contributed by atoms with E-state index in [0.29, 0.717) is 11.6 Å². The summed E-state index contributed by atoms with van der Waals surface area (Å²) in [5, 5.41) is 11.2. The molecule has 17 heavy (non-hydrogen) atoms. The minimum absolute atomic E-state index is 0.218. The molecular formula is C14H19NO2. The number of rotatable bonds is 2. The summed E-state index contributed by atoms with van der Waals surface area (Å²) in [6, 6.07) is 3.79. The van der Waals surface area contributed by atoms with Gasteiger partial charge in [0, 0.05) is 11.6 Å². The molecule has 2 rings (SSSR count). The number of nitro benzene ring substituents is 1. The number of nitro groups is 1. The molecule has 1 saturated carbocycles. The second kappa shape index (κ2) is 4.86. The van der Waals surface area contributed by atoms with Crippen molar-refractivity contribution >= 4 is 5.69 Å². The van der Waals surface area contributed by atoms with Gasteiger partial charge >= 0.3 is 0 Å². The first-order chi connectivity index (χ1) is 8.09. The van der Waals surface area contributed by atoms with Crippen molar-refractivity contribution < 1.29 is 4.92 Å². The van der Waals surface area contributed by atoms with E-state index in [-0.39, 0.29) is 4.92 Å². The zero-order valence-electron chi connectivity index (χ0n) is 10.5. The fourth-order valence-electron chi connectivity index (χ4n) is 3.03. The van der Waals surface area contributed by atoms with Crippen LogP contribution in [-0.4, -0.2) is 4.92 Å². The summed E-state index contributed by atoms with van der Waals surface area (Å²) in [4.78, 5) is 11.0. The Labute approximate surface area is 102 Å². The summed E-state index contributed by atoms with van der Waals surface area (Å²) in [7, 11) is 0. The maximum absolute atomic E-state index is 11.2. The summed E-state index contributed by atoms with van der Waals surface area (Å²) < 4.78 is 0. The van der Waals surface area contributed by atoms with Crippen LogP contribution in [0.15, 0.2) is 12.1 Å². The third-order valence-corrected chi connectivity index (χ3v) is 3.72. The Morgan fingerprint density at radius 3 is 2.41 bits per heavy atom. The van der Waals surface area contributed by atoms with Crippen molar-refractivity contribution in [2.75, 3.05) is 0 Å². The molecular weight excluding hydrogens is 214 g/mol. The van der Waals surface area contributed by atoms with Crippen molar-refractivity contribution in [2.45, 2.75) is 51.9 Å². The summed E-state index contributed by atoms with van der Waals surface area (Å²) in [5.74, 6) is 0.393. The van der Waals surface area contributed by atoms with Gasteiger partial charge in [-0.25, -0.2) is 0 Å². The van der Waals surface area contributed by atoms with Crippen LogP contribution in [0.25, 0.3) is 0 Å². The molecule has 0 heterocycles. The van der Waals surface area contributed by atoms with E-state index < -0.39 is 0 Å². The summed E-state index contributed by atoms with van der Waals surface area (Å²) in [6.07, 6.45) is 5.88. The van der Waals surface area contributed by atoms with E-state index in [1.807, 2.05) is 13.8 Å². The fourth-order valence-corrected chi connectivity index (χ4v) is 3.03. The molecule has 3 nitrogen and oxygen atoms in total. The van der Waals surface area contributed by atoms with Gasteiger partial charge in [0.25, 0.3) is 5.69 Å². The molecule has 92 valence electrons. The van der Waals surface area contributed by atoms with Crippen LogP contribution in [0.1, 0.15) is 54.7 Å². The van der Waals surface area contributed by atoms with Gasteiger partial charge in [-0.15, -0.1) is 0 Å². The topological polar surface area (TPSA) is 43.1 Å². The first-order valence-electron chi connectivity index (χ1n) is 6.35. The lowest BCUT2D eigenvalue weighted by molar-refractivity contribution is -0.385. The van der Waals surface area contributed by atoms with Gasteiger partial charge in [0.05, 0.1) is 4.92 Å². The number of hydrogen-bond donors (Lipinski definition) is 0. The highest BCUT2D eigenvalue weighted by Crippen LogP contribution is 2.39. The molecule has 1 fully saturated rings. The fraction of sp³-hybridized carbons (Fsp3) is 0.571. The van der Waals surface area contributed by atoms with Crippen LogP contribution in [0.2, 0.25) is 0 Å². The maximum atomic E-state index is 11.2. The zero-order valence-corrected chi connectivity index (χ0v) is 10.5. The number of nitrogens with zero attached hydrogens (tertiary/aromatic N) is 1. The second-order valence-corrected chi connectivity index (χ2v) is 5.11. The standard InChI is InChI=1S/C14H19NO2/c1-10-8-11(2)14(13(9-10)15(16)17)12-6-4-3-5-7-12/h8-9,12H,3-7H2,1-2H3. The largest absolute Gasteiger partial charge is 0.273 e. The second-order valence-electron chi connectivity index (χ2n) is 5.11. The van der Waals surface area contributed by atoms with E-state index in [0.717, 1.165) is 29.5 Å². The van der Waals surface area contributed by atoms with Crippen LogP contribution in [-0.2, 0) is 0 Å². The molecule has 1 aliphatic rings. The van der Waals surface area contributed by atoms with Crippen molar-refractivity contribution in [1.29, 1.82) is 0 Å². The Morgan fingerprint density at radius 2 is 1.82 bits per heavy atom. The van der Waals surface area contributed by atoms with Crippen LogP contribution >= 0.6 is 0 Å². The van der Waals surface area contributed by atoms with Crippen LogP contribution in [0.3, 0.4) is 0 Å². The maximum Gasteiger partial charge on any atom is 0.273 e. The summed E-state index contributed by atoms with van der Waals surface area (Å²) in [6.45, 7) is 3.93. The monoisotopic (exact) mass is 233 g/mol. The molecule has 0 radical (unpaired) electrons. The highest BCUT2D eigenvalue weighted by molar-refractivity contribution is 5.50. The lowest BCUT2D eigenvalue weighted by Gasteiger charge is -2.23. The molecule has 1 aromatic carbocycles. The van der Waals surface area contributed by atoms with Gasteiger partial charge in [0.2, 0.25) is 0 Å². The lowest BCUT2D eigenvalue weighted by atomic mass is 9.81. The molecule has 0 atom stereocenters. The molecule has 3 heteroatoms. The average molecular weight is 233 g/mol. The van der Waals surface area contributed by atoms with E-state index in [1.165, 1.54) is 19.3 Å². The van der Waals surface area contributed by atoms with Crippen molar-refractivity contribution in [3.63, 3.8) is 0 Å². The average Bonchev–Trinajstić information content (AvgIpc) is 2.29. The van der Waals surface area contributed by atoms with Gasteiger partial charge in [-0.1, -0.05) is 25.3 Å². The molecule has 0 N–H and O–H groups in total. The first-order valence-corrected chi connectivity index (χ1v) is 6.35.